The molecule has 0 aromatic carbocycles. The van der Waals surface area contributed by atoms with E-state index in [0.717, 1.165) is 12.3 Å². The van der Waals surface area contributed by atoms with E-state index in [9.17, 15) is 8.42 Å². The van der Waals surface area contributed by atoms with Gasteiger partial charge in [0.05, 0.1) is 6.26 Å². The Balaban J connectivity index is 3.81. The zero-order chi connectivity index (χ0) is 13.7. The molecule has 0 atom stereocenters. The molecule has 0 spiro atoms. The van der Waals surface area contributed by atoms with E-state index in [1.165, 1.54) is 6.26 Å². The highest BCUT2D eigenvalue weighted by atomic mass is 32.2. The van der Waals surface area contributed by atoms with Crippen LogP contribution >= 0.6 is 11.8 Å². The molecule has 0 heterocycles. The summed E-state index contributed by atoms with van der Waals surface area (Å²) in [5.74, 6) is 1.03. The van der Waals surface area contributed by atoms with Gasteiger partial charge < -0.3 is 5.32 Å². The molecule has 0 aliphatic carbocycles. The fourth-order valence-corrected chi connectivity index (χ4v) is 3.30. The highest BCUT2D eigenvalue weighted by molar-refractivity contribution is 8.00. The van der Waals surface area contributed by atoms with E-state index in [4.69, 9.17) is 0 Å². The number of rotatable bonds is 7. The molecule has 0 aliphatic heterocycles. The summed E-state index contributed by atoms with van der Waals surface area (Å²) in [6.45, 7) is 11.8. The van der Waals surface area contributed by atoms with Crippen molar-refractivity contribution < 1.29 is 8.42 Å². The maximum Gasteiger partial charge on any atom is 0.209 e. The van der Waals surface area contributed by atoms with Crippen molar-refractivity contribution in [2.45, 2.75) is 44.9 Å². The standard InChI is InChI=1S/C11H26N2O2S2/c1-10(2,3)16-8-7-12-9-11(4,5)13-17(6,14)15/h12-13H,7-9H2,1-6H3. The molecular weight excluding hydrogens is 256 g/mol. The average molecular weight is 282 g/mol. The molecular formula is C11H26N2O2S2. The van der Waals surface area contributed by atoms with Gasteiger partial charge in [0, 0.05) is 29.1 Å². The molecule has 2 N–H and O–H groups in total. The Kier molecular flexibility index (Phi) is 6.49. The smallest absolute Gasteiger partial charge is 0.209 e. The lowest BCUT2D eigenvalue weighted by molar-refractivity contribution is 0.427. The fraction of sp³-hybridized carbons (Fsp3) is 1.00. The molecule has 0 rings (SSSR count). The van der Waals surface area contributed by atoms with Gasteiger partial charge >= 0.3 is 0 Å². The van der Waals surface area contributed by atoms with Crippen LogP contribution in [0.1, 0.15) is 34.6 Å². The minimum Gasteiger partial charge on any atom is -0.314 e. The second kappa shape index (κ2) is 6.41. The maximum atomic E-state index is 11.1. The van der Waals surface area contributed by atoms with Crippen LogP contribution in [0.2, 0.25) is 0 Å². The molecule has 0 bridgehead atoms. The van der Waals surface area contributed by atoms with E-state index in [2.05, 4.69) is 30.8 Å². The summed E-state index contributed by atoms with van der Waals surface area (Å²) in [6.07, 6.45) is 1.18. The largest absolute Gasteiger partial charge is 0.314 e. The first kappa shape index (κ1) is 17.2. The van der Waals surface area contributed by atoms with Gasteiger partial charge in [0.1, 0.15) is 0 Å². The van der Waals surface area contributed by atoms with Crippen molar-refractivity contribution in [3.8, 4) is 0 Å². The molecule has 0 radical (unpaired) electrons. The molecule has 6 heteroatoms. The van der Waals surface area contributed by atoms with Gasteiger partial charge in [-0.3, -0.25) is 0 Å². The molecule has 0 amide bonds. The fourth-order valence-electron chi connectivity index (χ4n) is 1.37. The van der Waals surface area contributed by atoms with Crippen molar-refractivity contribution in [3.05, 3.63) is 0 Å². The van der Waals surface area contributed by atoms with Gasteiger partial charge in [-0.25, -0.2) is 13.1 Å². The summed E-state index contributed by atoms with van der Waals surface area (Å²) in [4.78, 5) is 0. The van der Waals surface area contributed by atoms with E-state index in [-0.39, 0.29) is 4.75 Å². The Hall–Kier alpha value is 0.220. The molecule has 0 fully saturated rings. The second-order valence-electron chi connectivity index (χ2n) is 5.90. The average Bonchev–Trinajstić information content (AvgIpc) is 1.95. The lowest BCUT2D eigenvalue weighted by Gasteiger charge is -2.25. The minimum absolute atomic E-state index is 0.280. The third-order valence-electron chi connectivity index (χ3n) is 1.84. The SMILES string of the molecule is CC(C)(CNCCSC(C)(C)C)NS(C)(=O)=O. The van der Waals surface area contributed by atoms with Crippen LogP contribution in [0.4, 0.5) is 0 Å². The number of thioether (sulfide) groups is 1. The van der Waals surface area contributed by atoms with Crippen molar-refractivity contribution in [1.82, 2.24) is 10.0 Å². The van der Waals surface area contributed by atoms with Gasteiger partial charge in [-0.1, -0.05) is 20.8 Å². The first-order chi connectivity index (χ1) is 7.41. The zero-order valence-electron chi connectivity index (χ0n) is 11.8. The van der Waals surface area contributed by atoms with Crippen LogP contribution in [0.15, 0.2) is 0 Å². The lowest BCUT2D eigenvalue weighted by atomic mass is 10.1. The van der Waals surface area contributed by atoms with Crippen LogP contribution in [-0.4, -0.2) is 43.8 Å². The highest BCUT2D eigenvalue weighted by Crippen LogP contribution is 2.21. The Bertz CT molecular complexity index is 319. The third kappa shape index (κ3) is 12.5. The van der Waals surface area contributed by atoms with E-state index < -0.39 is 15.6 Å². The summed E-state index contributed by atoms with van der Waals surface area (Å²) in [5.41, 5.74) is -0.444. The van der Waals surface area contributed by atoms with Crippen LogP contribution in [0, 0.1) is 0 Å². The van der Waals surface area contributed by atoms with Crippen molar-refractivity contribution in [2.24, 2.45) is 0 Å². The van der Waals surface area contributed by atoms with Gasteiger partial charge in [0.2, 0.25) is 10.0 Å². The zero-order valence-corrected chi connectivity index (χ0v) is 13.4. The topological polar surface area (TPSA) is 58.2 Å². The normalized spacial score (nSPS) is 14.0. The van der Waals surface area contributed by atoms with Crippen molar-refractivity contribution in [1.29, 1.82) is 0 Å². The third-order valence-corrected chi connectivity index (χ3v) is 4.04. The van der Waals surface area contributed by atoms with E-state index in [1.807, 2.05) is 25.6 Å². The van der Waals surface area contributed by atoms with Gasteiger partial charge in [-0.2, -0.15) is 11.8 Å². The van der Waals surface area contributed by atoms with E-state index in [0.29, 0.717) is 6.54 Å². The predicted octanol–water partition coefficient (Wildman–Crippen LogP) is 1.44. The summed E-state index contributed by atoms with van der Waals surface area (Å²) in [5, 5.41) is 3.27. The van der Waals surface area contributed by atoms with Gasteiger partial charge in [0.25, 0.3) is 0 Å². The quantitative estimate of drug-likeness (QED) is 0.694. The number of hydrogen-bond donors (Lipinski definition) is 2. The minimum atomic E-state index is -3.14. The Morgan fingerprint density at radius 2 is 1.65 bits per heavy atom. The molecule has 0 unspecified atom stereocenters. The van der Waals surface area contributed by atoms with Crippen molar-refractivity contribution >= 4 is 21.8 Å². The highest BCUT2D eigenvalue weighted by Gasteiger charge is 2.21. The molecule has 0 aromatic rings. The van der Waals surface area contributed by atoms with Crippen LogP contribution < -0.4 is 10.0 Å². The van der Waals surface area contributed by atoms with Crippen molar-refractivity contribution in [2.75, 3.05) is 25.1 Å². The van der Waals surface area contributed by atoms with Crippen LogP contribution in [-0.2, 0) is 10.0 Å². The molecule has 17 heavy (non-hydrogen) atoms. The van der Waals surface area contributed by atoms with Crippen LogP contribution in [0.5, 0.6) is 0 Å². The summed E-state index contributed by atoms with van der Waals surface area (Å²) >= 11 is 1.90. The first-order valence-corrected chi connectivity index (χ1v) is 8.63. The molecule has 0 aliphatic rings. The Labute approximate surface area is 110 Å². The molecule has 4 nitrogen and oxygen atoms in total. The lowest BCUT2D eigenvalue weighted by Crippen LogP contribution is -2.50. The van der Waals surface area contributed by atoms with Crippen molar-refractivity contribution in [3.63, 3.8) is 0 Å². The van der Waals surface area contributed by atoms with Crippen LogP contribution in [0.25, 0.3) is 0 Å². The maximum absolute atomic E-state index is 11.1. The van der Waals surface area contributed by atoms with Gasteiger partial charge in [0.15, 0.2) is 0 Å². The molecule has 104 valence electrons. The van der Waals surface area contributed by atoms with Crippen LogP contribution in [0.3, 0.4) is 0 Å². The second-order valence-corrected chi connectivity index (χ2v) is 9.57. The molecule has 0 saturated heterocycles. The van der Waals surface area contributed by atoms with Gasteiger partial charge in [-0.15, -0.1) is 0 Å². The van der Waals surface area contributed by atoms with Gasteiger partial charge in [-0.05, 0) is 13.8 Å². The van der Waals surface area contributed by atoms with E-state index >= 15 is 0 Å². The Morgan fingerprint density at radius 1 is 1.12 bits per heavy atom. The molecule has 0 saturated carbocycles. The summed E-state index contributed by atoms with van der Waals surface area (Å²) < 4.78 is 25.1. The summed E-state index contributed by atoms with van der Waals surface area (Å²) in [6, 6.07) is 0. The number of sulfonamides is 1. The predicted molar refractivity (Wildman–Crippen MR) is 77.1 cm³/mol. The monoisotopic (exact) mass is 282 g/mol. The number of hydrogen-bond acceptors (Lipinski definition) is 4. The number of nitrogens with one attached hydrogen (secondary N) is 2. The Morgan fingerprint density at radius 3 is 2.06 bits per heavy atom. The summed E-state index contributed by atoms with van der Waals surface area (Å²) in [7, 11) is -3.14. The van der Waals surface area contributed by atoms with E-state index in [1.54, 1.807) is 0 Å². The first-order valence-electron chi connectivity index (χ1n) is 5.75. The molecule has 0 aromatic heterocycles.